The van der Waals surface area contributed by atoms with Crippen LogP contribution in [0.4, 0.5) is 0 Å². The normalized spacial score (nSPS) is 13.2. The van der Waals surface area contributed by atoms with E-state index < -0.39 is 18.8 Å². The number of ether oxygens (including phenoxy) is 1. The second kappa shape index (κ2) is 17.8. The molecule has 0 fully saturated rings. The average Bonchev–Trinajstić information content (AvgIpc) is 3.34. The molecule has 0 aliphatic rings. The van der Waals surface area contributed by atoms with Gasteiger partial charge in [-0.3, -0.25) is 0 Å². The molecule has 0 amide bonds. The highest BCUT2D eigenvalue weighted by Gasteiger charge is 2.16. The molecule has 3 N–H and O–H groups in total. The van der Waals surface area contributed by atoms with Gasteiger partial charge in [-0.05, 0) is 30.7 Å². The Labute approximate surface area is 209 Å². The number of hydrogen-bond acceptors (Lipinski definition) is 7. The van der Waals surface area contributed by atoms with E-state index in [-0.39, 0.29) is 6.61 Å². The van der Waals surface area contributed by atoms with Gasteiger partial charge in [0.2, 0.25) is 0 Å². The first-order valence-electron chi connectivity index (χ1n) is 13.2. The Morgan fingerprint density at radius 1 is 0.765 bits per heavy atom. The molecule has 0 aliphatic heterocycles. The van der Waals surface area contributed by atoms with E-state index in [1.807, 2.05) is 12.1 Å². The quantitative estimate of drug-likeness (QED) is 0.198. The summed E-state index contributed by atoms with van der Waals surface area (Å²) in [5.74, 6) is 0.588. The number of aliphatic hydroxyl groups is 3. The Morgan fingerprint density at radius 2 is 1.32 bits per heavy atom. The van der Waals surface area contributed by atoms with Gasteiger partial charge in [0.05, 0.1) is 6.61 Å². The van der Waals surface area contributed by atoms with E-state index >= 15 is 0 Å². The highest BCUT2D eigenvalue weighted by Crippen LogP contribution is 2.26. The van der Waals surface area contributed by atoms with Crippen molar-refractivity contribution in [3.05, 3.63) is 29.3 Å². The zero-order chi connectivity index (χ0) is 24.4. The molecule has 34 heavy (non-hydrogen) atoms. The standard InChI is InChI=1S/C27H44N2O4S/c1-2-3-4-5-6-7-8-9-10-11-12-13-14-15-26-28-29-27(34-26)22-16-18-23(19-17-22)33-21-25(32)24(31)20-30/h16-19,24-25,30-32H,2-15,20-21H2,1H3/t24-,25-/m0/s1. The molecule has 0 saturated carbocycles. The molecule has 6 nitrogen and oxygen atoms in total. The maximum Gasteiger partial charge on any atom is 0.147 e. The predicted molar refractivity (Wildman–Crippen MR) is 139 cm³/mol. The smallest absolute Gasteiger partial charge is 0.147 e. The zero-order valence-electron chi connectivity index (χ0n) is 20.8. The lowest BCUT2D eigenvalue weighted by molar-refractivity contribution is -0.0339. The number of aromatic nitrogens is 2. The van der Waals surface area contributed by atoms with Crippen LogP contribution in [-0.2, 0) is 6.42 Å². The van der Waals surface area contributed by atoms with E-state index in [1.54, 1.807) is 23.5 Å². The van der Waals surface area contributed by atoms with Crippen LogP contribution in [0.3, 0.4) is 0 Å². The number of nitrogens with zero attached hydrogens (tertiary/aromatic N) is 2. The second-order valence-electron chi connectivity index (χ2n) is 9.15. The van der Waals surface area contributed by atoms with Crippen molar-refractivity contribution in [3.63, 3.8) is 0 Å². The van der Waals surface area contributed by atoms with Gasteiger partial charge in [-0.2, -0.15) is 0 Å². The van der Waals surface area contributed by atoms with Crippen molar-refractivity contribution in [2.75, 3.05) is 13.2 Å². The van der Waals surface area contributed by atoms with Gasteiger partial charge in [0, 0.05) is 12.0 Å². The van der Waals surface area contributed by atoms with Crippen LogP contribution in [0.25, 0.3) is 10.6 Å². The monoisotopic (exact) mass is 492 g/mol. The summed E-state index contributed by atoms with van der Waals surface area (Å²) in [5.41, 5.74) is 0.984. The van der Waals surface area contributed by atoms with Crippen molar-refractivity contribution in [2.24, 2.45) is 0 Å². The fourth-order valence-electron chi connectivity index (χ4n) is 3.87. The van der Waals surface area contributed by atoms with E-state index in [1.165, 1.54) is 83.5 Å². The molecule has 0 unspecified atom stereocenters. The maximum absolute atomic E-state index is 9.66. The van der Waals surface area contributed by atoms with Crippen LogP contribution in [0.1, 0.15) is 95.4 Å². The summed E-state index contributed by atoms with van der Waals surface area (Å²) in [4.78, 5) is 0. The van der Waals surface area contributed by atoms with E-state index in [0.717, 1.165) is 22.0 Å². The molecule has 7 heteroatoms. The SMILES string of the molecule is CCCCCCCCCCCCCCCc1nnc(-c2ccc(OC[C@H](O)[C@@H](O)CO)cc2)s1. The summed E-state index contributed by atoms with van der Waals surface area (Å²) in [6.45, 7) is 1.69. The molecule has 0 saturated heterocycles. The minimum absolute atomic E-state index is 0.0802. The summed E-state index contributed by atoms with van der Waals surface area (Å²) in [7, 11) is 0. The van der Waals surface area contributed by atoms with E-state index in [2.05, 4.69) is 17.1 Å². The molecule has 0 bridgehead atoms. The molecule has 1 aromatic heterocycles. The largest absolute Gasteiger partial charge is 0.491 e. The van der Waals surface area contributed by atoms with Crippen molar-refractivity contribution < 1.29 is 20.1 Å². The first-order chi connectivity index (χ1) is 16.6. The molecule has 0 radical (unpaired) electrons. The topological polar surface area (TPSA) is 95.7 Å². The highest BCUT2D eigenvalue weighted by atomic mass is 32.1. The molecule has 2 rings (SSSR count). The summed E-state index contributed by atoms with van der Waals surface area (Å²) in [5, 5.41) is 38.5. The predicted octanol–water partition coefficient (Wildman–Crippen LogP) is 5.93. The molecular weight excluding hydrogens is 448 g/mol. The number of aliphatic hydroxyl groups excluding tert-OH is 3. The summed E-state index contributed by atoms with van der Waals surface area (Å²) in [6.07, 6.45) is 16.3. The van der Waals surface area contributed by atoms with E-state index in [9.17, 15) is 10.2 Å². The molecule has 2 aromatic rings. The van der Waals surface area contributed by atoms with Gasteiger partial charge >= 0.3 is 0 Å². The lowest BCUT2D eigenvalue weighted by Gasteiger charge is -2.16. The molecule has 192 valence electrons. The number of hydrogen-bond donors (Lipinski definition) is 3. The summed E-state index contributed by atoms with van der Waals surface area (Å²) in [6, 6.07) is 7.45. The third-order valence-electron chi connectivity index (χ3n) is 6.11. The fourth-order valence-corrected chi connectivity index (χ4v) is 4.76. The Balaban J connectivity index is 1.55. The Bertz CT molecular complexity index is 753. The minimum atomic E-state index is -1.20. The number of rotatable bonds is 20. The van der Waals surface area contributed by atoms with Gasteiger partial charge in [0.25, 0.3) is 0 Å². The van der Waals surface area contributed by atoms with Gasteiger partial charge < -0.3 is 20.1 Å². The summed E-state index contributed by atoms with van der Waals surface area (Å²) < 4.78 is 5.46. The Hall–Kier alpha value is -1.54. The van der Waals surface area contributed by atoms with Crippen LogP contribution < -0.4 is 4.74 Å². The van der Waals surface area contributed by atoms with Crippen molar-refractivity contribution in [3.8, 4) is 16.3 Å². The van der Waals surface area contributed by atoms with E-state index in [4.69, 9.17) is 9.84 Å². The molecule has 0 spiro atoms. The zero-order valence-corrected chi connectivity index (χ0v) is 21.6. The Kier molecular flexibility index (Phi) is 15.0. The molecule has 1 heterocycles. The summed E-state index contributed by atoms with van der Waals surface area (Å²) >= 11 is 1.64. The third kappa shape index (κ3) is 11.7. The van der Waals surface area contributed by atoms with Gasteiger partial charge in [-0.25, -0.2) is 0 Å². The minimum Gasteiger partial charge on any atom is -0.491 e. The van der Waals surface area contributed by atoms with Gasteiger partial charge in [-0.15, -0.1) is 10.2 Å². The van der Waals surface area contributed by atoms with Crippen LogP contribution in [0.15, 0.2) is 24.3 Å². The Morgan fingerprint density at radius 3 is 1.88 bits per heavy atom. The van der Waals surface area contributed by atoms with Crippen LogP contribution in [0.2, 0.25) is 0 Å². The number of benzene rings is 1. The maximum atomic E-state index is 9.66. The lowest BCUT2D eigenvalue weighted by atomic mass is 10.0. The lowest BCUT2D eigenvalue weighted by Crippen LogP contribution is -2.34. The average molecular weight is 493 g/mol. The van der Waals surface area contributed by atoms with Gasteiger partial charge in [0.15, 0.2) is 0 Å². The highest BCUT2D eigenvalue weighted by molar-refractivity contribution is 7.14. The first kappa shape index (κ1) is 28.7. The second-order valence-corrected chi connectivity index (χ2v) is 10.2. The van der Waals surface area contributed by atoms with Crippen molar-refractivity contribution in [2.45, 2.75) is 109 Å². The fraction of sp³-hybridized carbons (Fsp3) is 0.704. The van der Waals surface area contributed by atoms with Crippen molar-refractivity contribution >= 4 is 11.3 Å². The molecule has 0 aliphatic carbocycles. The number of aryl methyl sites for hydroxylation is 1. The number of unbranched alkanes of at least 4 members (excludes halogenated alkanes) is 12. The molecular formula is C27H44N2O4S. The van der Waals surface area contributed by atoms with Crippen LogP contribution >= 0.6 is 11.3 Å². The third-order valence-corrected chi connectivity index (χ3v) is 7.15. The van der Waals surface area contributed by atoms with Gasteiger partial charge in [-0.1, -0.05) is 95.3 Å². The molecule has 2 atom stereocenters. The first-order valence-corrected chi connectivity index (χ1v) is 14.0. The van der Waals surface area contributed by atoms with E-state index in [0.29, 0.717) is 5.75 Å². The van der Waals surface area contributed by atoms with Crippen LogP contribution in [0, 0.1) is 0 Å². The van der Waals surface area contributed by atoms with Crippen LogP contribution in [0.5, 0.6) is 5.75 Å². The molecule has 1 aromatic carbocycles. The van der Waals surface area contributed by atoms with Crippen molar-refractivity contribution in [1.29, 1.82) is 0 Å². The van der Waals surface area contributed by atoms with Crippen LogP contribution in [-0.4, -0.2) is 50.9 Å². The van der Waals surface area contributed by atoms with Crippen molar-refractivity contribution in [1.82, 2.24) is 10.2 Å². The van der Waals surface area contributed by atoms with Gasteiger partial charge in [0.1, 0.15) is 34.6 Å².